The molecule has 2 N–H and O–H groups in total. The van der Waals surface area contributed by atoms with E-state index in [4.69, 9.17) is 5.73 Å². The molecule has 0 radical (unpaired) electrons. The van der Waals surface area contributed by atoms with Crippen molar-refractivity contribution < 1.29 is 0 Å². The van der Waals surface area contributed by atoms with Gasteiger partial charge in [0.25, 0.3) is 0 Å². The summed E-state index contributed by atoms with van der Waals surface area (Å²) in [6.07, 6.45) is 5.10. The molecule has 0 saturated carbocycles. The van der Waals surface area contributed by atoms with Crippen molar-refractivity contribution in [3.63, 3.8) is 0 Å². The van der Waals surface area contributed by atoms with E-state index in [1.165, 1.54) is 5.56 Å². The van der Waals surface area contributed by atoms with Crippen molar-refractivity contribution in [2.75, 3.05) is 0 Å². The summed E-state index contributed by atoms with van der Waals surface area (Å²) in [6, 6.07) is 10.6. The maximum atomic E-state index is 6.56. The highest BCUT2D eigenvalue weighted by Crippen LogP contribution is 2.36. The molecular formula is C17H25N3. The summed E-state index contributed by atoms with van der Waals surface area (Å²) in [6.45, 7) is 7.47. The molecule has 3 nitrogen and oxygen atoms in total. The van der Waals surface area contributed by atoms with E-state index in [9.17, 15) is 0 Å². The van der Waals surface area contributed by atoms with Gasteiger partial charge in [0.15, 0.2) is 0 Å². The van der Waals surface area contributed by atoms with Crippen LogP contribution in [0.25, 0.3) is 0 Å². The molecule has 0 aliphatic heterocycles. The molecule has 0 saturated heterocycles. The number of rotatable bonds is 6. The van der Waals surface area contributed by atoms with Gasteiger partial charge in [-0.05, 0) is 18.4 Å². The monoisotopic (exact) mass is 271 g/mol. The topological polar surface area (TPSA) is 43.8 Å². The van der Waals surface area contributed by atoms with Gasteiger partial charge in [0, 0.05) is 30.3 Å². The summed E-state index contributed by atoms with van der Waals surface area (Å²) < 4.78 is 1.94. The van der Waals surface area contributed by atoms with Gasteiger partial charge in [-0.2, -0.15) is 5.10 Å². The van der Waals surface area contributed by atoms with Crippen molar-refractivity contribution in [2.45, 2.75) is 45.7 Å². The van der Waals surface area contributed by atoms with Crippen LogP contribution < -0.4 is 5.73 Å². The minimum absolute atomic E-state index is 0.00681. The summed E-state index contributed by atoms with van der Waals surface area (Å²) in [5, 5.41) is 4.35. The first-order chi connectivity index (χ1) is 9.67. The zero-order chi connectivity index (χ0) is 14.5. The molecular weight excluding hydrogens is 246 g/mol. The lowest BCUT2D eigenvalue weighted by Gasteiger charge is -2.29. The molecule has 0 spiro atoms. The quantitative estimate of drug-likeness (QED) is 0.870. The molecule has 1 aromatic heterocycles. The van der Waals surface area contributed by atoms with Crippen molar-refractivity contribution in [2.24, 2.45) is 11.7 Å². The summed E-state index contributed by atoms with van der Waals surface area (Å²) >= 11 is 0. The number of nitrogens with zero attached hydrogens (tertiary/aromatic N) is 2. The Kier molecular flexibility index (Phi) is 4.96. The number of hydrogen-bond donors (Lipinski definition) is 1. The van der Waals surface area contributed by atoms with Gasteiger partial charge >= 0.3 is 0 Å². The van der Waals surface area contributed by atoms with Gasteiger partial charge in [-0.3, -0.25) is 4.68 Å². The molecule has 0 fully saturated rings. The van der Waals surface area contributed by atoms with Gasteiger partial charge in [0.1, 0.15) is 0 Å². The SMILES string of the molecule is CCC(C)C(c1ccccc1)C(N)c1cnn(CC)c1. The predicted octanol–water partition coefficient (Wildman–Crippen LogP) is 3.73. The molecule has 0 amide bonds. The maximum absolute atomic E-state index is 6.56. The Hall–Kier alpha value is -1.61. The van der Waals surface area contributed by atoms with Crippen molar-refractivity contribution in [3.8, 4) is 0 Å². The fraction of sp³-hybridized carbons (Fsp3) is 0.471. The van der Waals surface area contributed by atoms with E-state index in [0.717, 1.165) is 18.5 Å². The molecule has 3 atom stereocenters. The second-order valence-corrected chi connectivity index (χ2v) is 5.48. The smallest absolute Gasteiger partial charge is 0.0537 e. The summed E-state index contributed by atoms with van der Waals surface area (Å²) in [4.78, 5) is 0. The van der Waals surface area contributed by atoms with Gasteiger partial charge in [0.05, 0.1) is 6.20 Å². The molecule has 0 aliphatic rings. The summed E-state index contributed by atoms with van der Waals surface area (Å²) in [5.74, 6) is 0.869. The Morgan fingerprint density at radius 3 is 2.40 bits per heavy atom. The first-order valence-corrected chi connectivity index (χ1v) is 7.50. The first-order valence-electron chi connectivity index (χ1n) is 7.50. The number of aromatic nitrogens is 2. The van der Waals surface area contributed by atoms with Crippen LogP contribution in [0.2, 0.25) is 0 Å². The molecule has 0 aliphatic carbocycles. The minimum Gasteiger partial charge on any atom is -0.323 e. The van der Waals surface area contributed by atoms with Crippen molar-refractivity contribution >= 4 is 0 Å². The van der Waals surface area contributed by atoms with E-state index in [2.05, 4.69) is 62.4 Å². The highest BCUT2D eigenvalue weighted by molar-refractivity contribution is 5.26. The predicted molar refractivity (Wildman–Crippen MR) is 83.5 cm³/mol. The molecule has 20 heavy (non-hydrogen) atoms. The number of nitrogens with two attached hydrogens (primary N) is 1. The zero-order valence-corrected chi connectivity index (χ0v) is 12.7. The van der Waals surface area contributed by atoms with Gasteiger partial charge in [0.2, 0.25) is 0 Å². The first kappa shape index (κ1) is 14.8. The Bertz CT molecular complexity index is 518. The molecule has 2 rings (SSSR count). The third kappa shape index (κ3) is 3.10. The fourth-order valence-corrected chi connectivity index (χ4v) is 2.75. The lowest BCUT2D eigenvalue weighted by atomic mass is 9.79. The summed E-state index contributed by atoms with van der Waals surface area (Å²) in [7, 11) is 0. The standard InChI is InChI=1S/C17H25N3/c1-4-13(3)16(14-9-7-6-8-10-14)17(18)15-11-19-20(5-2)12-15/h6-13,16-17H,4-5,18H2,1-3H3. The Morgan fingerprint density at radius 1 is 1.15 bits per heavy atom. The van der Waals surface area contributed by atoms with Crippen LogP contribution in [-0.4, -0.2) is 9.78 Å². The van der Waals surface area contributed by atoms with E-state index in [1.54, 1.807) is 0 Å². The normalized spacial score (nSPS) is 15.8. The number of benzene rings is 1. The van der Waals surface area contributed by atoms with E-state index in [0.29, 0.717) is 11.8 Å². The molecule has 3 heteroatoms. The van der Waals surface area contributed by atoms with Crippen LogP contribution in [0.1, 0.15) is 50.3 Å². The highest BCUT2D eigenvalue weighted by Gasteiger charge is 2.26. The Labute approximate surface area is 121 Å². The molecule has 1 aromatic carbocycles. The third-order valence-electron chi connectivity index (χ3n) is 4.19. The van der Waals surface area contributed by atoms with Crippen LogP contribution in [0.15, 0.2) is 42.7 Å². The number of aryl methyl sites for hydroxylation is 1. The average molecular weight is 271 g/mol. The van der Waals surface area contributed by atoms with E-state index < -0.39 is 0 Å². The van der Waals surface area contributed by atoms with Gasteiger partial charge in [-0.1, -0.05) is 50.6 Å². The summed E-state index contributed by atoms with van der Waals surface area (Å²) in [5.41, 5.74) is 9.01. The second-order valence-electron chi connectivity index (χ2n) is 5.48. The van der Waals surface area contributed by atoms with Gasteiger partial charge < -0.3 is 5.73 Å². The van der Waals surface area contributed by atoms with Gasteiger partial charge in [-0.25, -0.2) is 0 Å². The van der Waals surface area contributed by atoms with Gasteiger partial charge in [-0.15, -0.1) is 0 Å². The molecule has 2 aromatic rings. The van der Waals surface area contributed by atoms with Crippen molar-refractivity contribution in [1.29, 1.82) is 0 Å². The van der Waals surface area contributed by atoms with E-state index in [-0.39, 0.29) is 6.04 Å². The van der Waals surface area contributed by atoms with Crippen LogP contribution in [0.3, 0.4) is 0 Å². The third-order valence-corrected chi connectivity index (χ3v) is 4.19. The van der Waals surface area contributed by atoms with Crippen LogP contribution in [-0.2, 0) is 6.54 Å². The van der Waals surface area contributed by atoms with E-state index >= 15 is 0 Å². The molecule has 1 heterocycles. The van der Waals surface area contributed by atoms with Crippen LogP contribution in [0.5, 0.6) is 0 Å². The van der Waals surface area contributed by atoms with E-state index in [1.807, 2.05) is 10.9 Å². The Balaban J connectivity index is 2.31. The maximum Gasteiger partial charge on any atom is 0.0537 e. The largest absolute Gasteiger partial charge is 0.323 e. The fourth-order valence-electron chi connectivity index (χ4n) is 2.75. The molecule has 108 valence electrons. The van der Waals surface area contributed by atoms with Crippen molar-refractivity contribution in [3.05, 3.63) is 53.9 Å². The minimum atomic E-state index is -0.00681. The molecule has 0 bridgehead atoms. The lowest BCUT2D eigenvalue weighted by molar-refractivity contribution is 0.387. The second kappa shape index (κ2) is 6.71. The lowest BCUT2D eigenvalue weighted by Crippen LogP contribution is -2.24. The van der Waals surface area contributed by atoms with Crippen molar-refractivity contribution in [1.82, 2.24) is 9.78 Å². The zero-order valence-electron chi connectivity index (χ0n) is 12.7. The van der Waals surface area contributed by atoms with Crippen LogP contribution >= 0.6 is 0 Å². The number of hydrogen-bond acceptors (Lipinski definition) is 2. The average Bonchev–Trinajstić information content (AvgIpc) is 2.97. The Morgan fingerprint density at radius 2 is 1.85 bits per heavy atom. The highest BCUT2D eigenvalue weighted by atomic mass is 15.3. The molecule has 3 unspecified atom stereocenters. The van der Waals surface area contributed by atoms with Crippen LogP contribution in [0.4, 0.5) is 0 Å². The van der Waals surface area contributed by atoms with Crippen LogP contribution in [0, 0.1) is 5.92 Å².